The molecule has 110 valence electrons. The van der Waals surface area contributed by atoms with E-state index in [0.717, 1.165) is 36.6 Å². The molecule has 4 heteroatoms. The van der Waals surface area contributed by atoms with Gasteiger partial charge in [-0.1, -0.05) is 31.0 Å². The minimum absolute atomic E-state index is 0.112. The number of nitrogens with one attached hydrogen (secondary N) is 1. The van der Waals surface area contributed by atoms with Crippen LogP contribution in [-0.4, -0.2) is 29.1 Å². The van der Waals surface area contributed by atoms with Gasteiger partial charge < -0.3 is 10.4 Å². The molecule has 4 nitrogen and oxygen atoms in total. The Kier molecular flexibility index (Phi) is 3.88. The average molecular weight is 284 g/mol. The van der Waals surface area contributed by atoms with Crippen LogP contribution in [0.2, 0.25) is 0 Å². The third-order valence-electron chi connectivity index (χ3n) is 4.50. The predicted molar refractivity (Wildman–Crippen MR) is 82.1 cm³/mol. The maximum absolute atomic E-state index is 12.4. The van der Waals surface area contributed by atoms with E-state index in [-0.39, 0.29) is 17.9 Å². The first kappa shape index (κ1) is 14.0. The molecule has 1 aromatic carbocycles. The highest BCUT2D eigenvalue weighted by Crippen LogP contribution is 2.36. The molecule has 1 aliphatic carbocycles. The third-order valence-corrected chi connectivity index (χ3v) is 4.50. The third kappa shape index (κ3) is 2.76. The first-order valence-electron chi connectivity index (χ1n) is 7.47. The van der Waals surface area contributed by atoms with Gasteiger partial charge in [-0.05, 0) is 25.0 Å². The molecule has 0 spiro atoms. The van der Waals surface area contributed by atoms with Crippen LogP contribution in [0.4, 0.5) is 0 Å². The summed E-state index contributed by atoms with van der Waals surface area (Å²) in [5.74, 6) is -0.112. The van der Waals surface area contributed by atoms with Crippen molar-refractivity contribution < 1.29 is 9.90 Å². The van der Waals surface area contributed by atoms with Crippen LogP contribution in [0.25, 0.3) is 10.9 Å². The number of aromatic nitrogens is 1. The van der Waals surface area contributed by atoms with Crippen molar-refractivity contribution in [2.75, 3.05) is 13.2 Å². The Morgan fingerprint density at radius 3 is 2.76 bits per heavy atom. The van der Waals surface area contributed by atoms with Gasteiger partial charge in [0.15, 0.2) is 0 Å². The minimum atomic E-state index is -0.131. The average Bonchev–Trinajstić information content (AvgIpc) is 3.01. The lowest BCUT2D eigenvalue weighted by molar-refractivity contribution is 0.0882. The van der Waals surface area contributed by atoms with Crippen molar-refractivity contribution in [3.05, 3.63) is 42.1 Å². The van der Waals surface area contributed by atoms with Crippen LogP contribution < -0.4 is 5.32 Å². The van der Waals surface area contributed by atoms with E-state index in [1.807, 2.05) is 24.3 Å². The van der Waals surface area contributed by atoms with Crippen molar-refractivity contribution in [1.82, 2.24) is 10.3 Å². The number of pyridine rings is 1. The summed E-state index contributed by atoms with van der Waals surface area (Å²) in [7, 11) is 0. The fourth-order valence-corrected chi connectivity index (χ4v) is 3.17. The summed E-state index contributed by atoms with van der Waals surface area (Å²) in [6, 6.07) is 9.43. The van der Waals surface area contributed by atoms with Gasteiger partial charge in [0.1, 0.15) is 0 Å². The number of carbonyl (C=O) groups excluding carboxylic acids is 1. The summed E-state index contributed by atoms with van der Waals surface area (Å²) in [4.78, 5) is 16.8. The number of amides is 1. The van der Waals surface area contributed by atoms with E-state index in [2.05, 4.69) is 10.3 Å². The molecule has 0 atom stereocenters. The summed E-state index contributed by atoms with van der Waals surface area (Å²) in [6.07, 6.45) is 5.93. The summed E-state index contributed by atoms with van der Waals surface area (Å²) >= 11 is 0. The fraction of sp³-hybridized carbons (Fsp3) is 0.412. The van der Waals surface area contributed by atoms with E-state index in [1.165, 1.54) is 0 Å². The molecule has 1 saturated carbocycles. The molecule has 3 rings (SSSR count). The molecule has 0 radical (unpaired) electrons. The Morgan fingerprint density at radius 1 is 1.24 bits per heavy atom. The molecule has 1 amide bonds. The summed E-state index contributed by atoms with van der Waals surface area (Å²) < 4.78 is 0. The molecule has 0 saturated heterocycles. The lowest BCUT2D eigenvalue weighted by atomic mass is 9.87. The molecular weight excluding hydrogens is 264 g/mol. The Balaban J connectivity index is 1.78. The molecule has 1 aliphatic rings. The fourth-order valence-electron chi connectivity index (χ4n) is 3.17. The highest BCUT2D eigenvalue weighted by molar-refractivity contribution is 6.05. The van der Waals surface area contributed by atoms with Gasteiger partial charge in [-0.25, -0.2) is 0 Å². The molecule has 1 aromatic heterocycles. The topological polar surface area (TPSA) is 62.2 Å². The van der Waals surface area contributed by atoms with Gasteiger partial charge in [0.2, 0.25) is 0 Å². The van der Waals surface area contributed by atoms with Crippen LogP contribution >= 0.6 is 0 Å². The number of aliphatic hydroxyl groups is 1. The number of carbonyl (C=O) groups is 1. The van der Waals surface area contributed by atoms with Crippen molar-refractivity contribution in [3.8, 4) is 0 Å². The van der Waals surface area contributed by atoms with Crippen LogP contribution in [0, 0.1) is 5.41 Å². The SMILES string of the molecule is O=C(NCC1(CO)CCCC1)c1cccc2cccnc12. The van der Waals surface area contributed by atoms with Gasteiger partial charge in [0.25, 0.3) is 5.91 Å². The molecule has 0 aliphatic heterocycles. The van der Waals surface area contributed by atoms with E-state index >= 15 is 0 Å². The largest absolute Gasteiger partial charge is 0.396 e. The van der Waals surface area contributed by atoms with Gasteiger partial charge in [-0.15, -0.1) is 0 Å². The number of nitrogens with zero attached hydrogens (tertiary/aromatic N) is 1. The number of rotatable bonds is 4. The highest BCUT2D eigenvalue weighted by Gasteiger charge is 2.33. The maximum atomic E-state index is 12.4. The Morgan fingerprint density at radius 2 is 2.00 bits per heavy atom. The minimum Gasteiger partial charge on any atom is -0.396 e. The normalized spacial score (nSPS) is 17.0. The molecule has 1 heterocycles. The van der Waals surface area contributed by atoms with Gasteiger partial charge >= 0.3 is 0 Å². The molecule has 2 aromatic rings. The van der Waals surface area contributed by atoms with Crippen molar-refractivity contribution in [1.29, 1.82) is 0 Å². The van der Waals surface area contributed by atoms with Crippen molar-refractivity contribution in [3.63, 3.8) is 0 Å². The standard InChI is InChI=1S/C17H20N2O2/c20-12-17(8-1-2-9-17)11-19-16(21)14-7-3-5-13-6-4-10-18-15(13)14/h3-7,10,20H,1-2,8-9,11-12H2,(H,19,21). The monoisotopic (exact) mass is 284 g/mol. The Bertz CT molecular complexity index is 643. The number of para-hydroxylation sites is 1. The molecule has 2 N–H and O–H groups in total. The first-order valence-corrected chi connectivity index (χ1v) is 7.47. The molecule has 21 heavy (non-hydrogen) atoms. The van der Waals surface area contributed by atoms with E-state index in [9.17, 15) is 9.90 Å². The zero-order valence-electron chi connectivity index (χ0n) is 12.0. The Labute approximate surface area is 124 Å². The molecule has 0 unspecified atom stereocenters. The second-order valence-corrected chi connectivity index (χ2v) is 5.93. The molecular formula is C17H20N2O2. The smallest absolute Gasteiger partial charge is 0.253 e. The molecule has 0 bridgehead atoms. The lowest BCUT2D eigenvalue weighted by Gasteiger charge is -2.26. The van der Waals surface area contributed by atoms with E-state index in [1.54, 1.807) is 12.3 Å². The van der Waals surface area contributed by atoms with Gasteiger partial charge in [-0.3, -0.25) is 9.78 Å². The van der Waals surface area contributed by atoms with E-state index < -0.39 is 0 Å². The summed E-state index contributed by atoms with van der Waals surface area (Å²) in [5, 5.41) is 13.6. The van der Waals surface area contributed by atoms with E-state index in [0.29, 0.717) is 12.1 Å². The van der Waals surface area contributed by atoms with Crippen LogP contribution in [0.1, 0.15) is 36.0 Å². The van der Waals surface area contributed by atoms with Crippen molar-refractivity contribution in [2.24, 2.45) is 5.41 Å². The van der Waals surface area contributed by atoms with Gasteiger partial charge in [0.05, 0.1) is 17.7 Å². The number of hydrogen-bond donors (Lipinski definition) is 2. The number of aliphatic hydroxyl groups excluding tert-OH is 1. The quantitative estimate of drug-likeness (QED) is 0.907. The van der Waals surface area contributed by atoms with Crippen molar-refractivity contribution >= 4 is 16.8 Å². The maximum Gasteiger partial charge on any atom is 0.253 e. The first-order chi connectivity index (χ1) is 10.2. The van der Waals surface area contributed by atoms with Gasteiger partial charge in [-0.2, -0.15) is 0 Å². The number of benzene rings is 1. The van der Waals surface area contributed by atoms with Crippen LogP contribution in [0.3, 0.4) is 0 Å². The van der Waals surface area contributed by atoms with Crippen LogP contribution in [0.15, 0.2) is 36.5 Å². The number of hydrogen-bond acceptors (Lipinski definition) is 3. The second-order valence-electron chi connectivity index (χ2n) is 5.93. The van der Waals surface area contributed by atoms with Crippen LogP contribution in [-0.2, 0) is 0 Å². The second kappa shape index (κ2) is 5.82. The summed E-state index contributed by atoms with van der Waals surface area (Å²) in [6.45, 7) is 0.673. The van der Waals surface area contributed by atoms with E-state index in [4.69, 9.17) is 0 Å². The zero-order valence-corrected chi connectivity index (χ0v) is 12.0. The summed E-state index contributed by atoms with van der Waals surface area (Å²) in [5.41, 5.74) is 1.19. The highest BCUT2D eigenvalue weighted by atomic mass is 16.3. The predicted octanol–water partition coefficient (Wildman–Crippen LogP) is 2.52. The Hall–Kier alpha value is -1.94. The zero-order chi connectivity index (χ0) is 14.7. The lowest BCUT2D eigenvalue weighted by Crippen LogP contribution is -2.38. The van der Waals surface area contributed by atoms with Gasteiger partial charge in [0, 0.05) is 23.5 Å². The van der Waals surface area contributed by atoms with Crippen molar-refractivity contribution in [2.45, 2.75) is 25.7 Å². The number of fused-ring (bicyclic) bond motifs is 1. The molecule has 1 fully saturated rings. The van der Waals surface area contributed by atoms with Crippen LogP contribution in [0.5, 0.6) is 0 Å².